The summed E-state index contributed by atoms with van der Waals surface area (Å²) < 4.78 is 11.7. The lowest BCUT2D eigenvalue weighted by Crippen LogP contribution is -2.40. The van der Waals surface area contributed by atoms with Gasteiger partial charge in [0.2, 0.25) is 0 Å². The van der Waals surface area contributed by atoms with Crippen LogP contribution in [-0.2, 0) is 0 Å². The average molecular weight is 193 g/mol. The molecule has 0 bridgehead atoms. The van der Waals surface area contributed by atoms with Gasteiger partial charge in [0, 0.05) is 45.1 Å². The van der Waals surface area contributed by atoms with Gasteiger partial charge in [-0.2, -0.15) is 3.89 Å². The quantitative estimate of drug-likeness (QED) is 0.541. The van der Waals surface area contributed by atoms with E-state index in [1.54, 1.807) is 11.9 Å². The standard InChI is InChI=1S/C7H16FN3S/c1-4-10(2)7(9)11(3)5-6-12-8/h9H,4-6H2,1-3H3. The van der Waals surface area contributed by atoms with E-state index in [0.29, 0.717) is 30.4 Å². The maximum Gasteiger partial charge on any atom is 0.193 e. The largest absolute Gasteiger partial charge is 0.346 e. The van der Waals surface area contributed by atoms with Gasteiger partial charge >= 0.3 is 0 Å². The van der Waals surface area contributed by atoms with Gasteiger partial charge in [0.05, 0.1) is 0 Å². The zero-order valence-corrected chi connectivity index (χ0v) is 8.62. The van der Waals surface area contributed by atoms with Crippen LogP contribution in [0.2, 0.25) is 0 Å². The number of hydrogen-bond acceptors (Lipinski definition) is 2. The van der Waals surface area contributed by atoms with Gasteiger partial charge in [0.25, 0.3) is 0 Å². The highest BCUT2D eigenvalue weighted by Gasteiger charge is 2.07. The van der Waals surface area contributed by atoms with Crippen LogP contribution in [0, 0.1) is 5.41 Å². The van der Waals surface area contributed by atoms with E-state index in [9.17, 15) is 3.89 Å². The molecule has 0 unspecified atom stereocenters. The van der Waals surface area contributed by atoms with Gasteiger partial charge in [-0.15, -0.1) is 0 Å². The van der Waals surface area contributed by atoms with Crippen LogP contribution in [0.4, 0.5) is 3.89 Å². The molecule has 0 saturated carbocycles. The lowest BCUT2D eigenvalue weighted by atomic mass is 10.5. The number of nitrogens with one attached hydrogen (secondary N) is 1. The molecule has 0 heterocycles. The van der Waals surface area contributed by atoms with Crippen LogP contribution in [0.1, 0.15) is 6.92 Å². The molecule has 0 aliphatic rings. The van der Waals surface area contributed by atoms with E-state index in [4.69, 9.17) is 5.41 Å². The monoisotopic (exact) mass is 193 g/mol. The van der Waals surface area contributed by atoms with E-state index in [1.165, 1.54) is 0 Å². The molecule has 0 amide bonds. The van der Waals surface area contributed by atoms with Crippen LogP contribution >= 0.6 is 12.1 Å². The fraction of sp³-hybridized carbons (Fsp3) is 0.857. The van der Waals surface area contributed by atoms with Crippen molar-refractivity contribution in [2.24, 2.45) is 0 Å². The van der Waals surface area contributed by atoms with E-state index in [1.807, 2.05) is 18.9 Å². The van der Waals surface area contributed by atoms with Gasteiger partial charge in [-0.3, -0.25) is 5.41 Å². The summed E-state index contributed by atoms with van der Waals surface area (Å²) in [6.07, 6.45) is 0. The Morgan fingerprint density at radius 3 is 2.42 bits per heavy atom. The second kappa shape index (κ2) is 6.11. The Hall–Kier alpha value is -0.450. The molecule has 0 aromatic rings. The van der Waals surface area contributed by atoms with Gasteiger partial charge in [0.15, 0.2) is 5.96 Å². The van der Waals surface area contributed by atoms with E-state index >= 15 is 0 Å². The summed E-state index contributed by atoms with van der Waals surface area (Å²) in [5.41, 5.74) is 0. The molecule has 0 rings (SSSR count). The highest BCUT2D eigenvalue weighted by molar-refractivity contribution is 7.94. The third-order valence-electron chi connectivity index (χ3n) is 1.70. The van der Waals surface area contributed by atoms with Crippen LogP contribution in [-0.4, -0.2) is 48.7 Å². The maximum absolute atomic E-state index is 11.7. The Balaban J connectivity index is 3.75. The fourth-order valence-corrected chi connectivity index (χ4v) is 1.06. The van der Waals surface area contributed by atoms with E-state index in [0.717, 1.165) is 6.54 Å². The van der Waals surface area contributed by atoms with Crippen LogP contribution < -0.4 is 0 Å². The summed E-state index contributed by atoms with van der Waals surface area (Å²) in [5.74, 6) is 0.850. The molecule has 5 heteroatoms. The molecule has 72 valence electrons. The molecule has 3 nitrogen and oxygen atoms in total. The Morgan fingerprint density at radius 1 is 1.42 bits per heavy atom. The normalized spacial score (nSPS) is 9.67. The van der Waals surface area contributed by atoms with Crippen LogP contribution in [0.25, 0.3) is 0 Å². The molecular weight excluding hydrogens is 177 g/mol. The molecule has 0 radical (unpaired) electrons. The van der Waals surface area contributed by atoms with Crippen molar-refractivity contribution in [3.8, 4) is 0 Å². The topological polar surface area (TPSA) is 30.3 Å². The SMILES string of the molecule is CCN(C)C(=N)N(C)CCSF. The molecule has 0 spiro atoms. The minimum absolute atomic E-state index is 0.310. The molecule has 1 N–H and O–H groups in total. The van der Waals surface area contributed by atoms with Crippen molar-refractivity contribution in [2.45, 2.75) is 6.92 Å². The molecule has 0 aromatic heterocycles. The number of guanidine groups is 1. The summed E-state index contributed by atoms with van der Waals surface area (Å²) in [7, 11) is 3.64. The van der Waals surface area contributed by atoms with Crippen LogP contribution in [0.5, 0.6) is 0 Å². The third kappa shape index (κ3) is 3.80. The Kier molecular flexibility index (Phi) is 5.88. The molecular formula is C7H16FN3S. The van der Waals surface area contributed by atoms with Crippen molar-refractivity contribution in [2.75, 3.05) is 32.9 Å². The van der Waals surface area contributed by atoms with Gasteiger partial charge in [-0.25, -0.2) is 0 Å². The fourth-order valence-electron chi connectivity index (χ4n) is 0.719. The van der Waals surface area contributed by atoms with Gasteiger partial charge in [-0.05, 0) is 6.92 Å². The van der Waals surface area contributed by atoms with Crippen molar-refractivity contribution < 1.29 is 3.89 Å². The second-order valence-corrected chi connectivity index (χ2v) is 3.20. The van der Waals surface area contributed by atoms with Crippen molar-refractivity contribution in [3.05, 3.63) is 0 Å². The van der Waals surface area contributed by atoms with E-state index < -0.39 is 0 Å². The van der Waals surface area contributed by atoms with Crippen LogP contribution in [0.15, 0.2) is 0 Å². The summed E-state index contributed by atoms with van der Waals surface area (Å²) in [6, 6.07) is 0. The predicted octanol–water partition coefficient (Wildman–Crippen LogP) is 1.42. The Labute approximate surface area is 77.7 Å². The lowest BCUT2D eigenvalue weighted by molar-refractivity contribution is 0.408. The van der Waals surface area contributed by atoms with Crippen molar-refractivity contribution >= 4 is 18.1 Å². The number of nitrogens with zero attached hydrogens (tertiary/aromatic N) is 2. The first-order chi connectivity index (χ1) is 5.63. The van der Waals surface area contributed by atoms with Crippen molar-refractivity contribution in [3.63, 3.8) is 0 Å². The minimum Gasteiger partial charge on any atom is -0.346 e. The molecule has 0 aliphatic heterocycles. The molecule has 0 aromatic carbocycles. The molecule has 0 atom stereocenters. The first-order valence-electron chi connectivity index (χ1n) is 3.87. The predicted molar refractivity (Wildman–Crippen MR) is 52.2 cm³/mol. The average Bonchev–Trinajstić information content (AvgIpc) is 2.11. The first-order valence-corrected chi connectivity index (χ1v) is 4.76. The Morgan fingerprint density at radius 2 is 2.00 bits per heavy atom. The molecule has 0 fully saturated rings. The van der Waals surface area contributed by atoms with E-state index in [2.05, 4.69) is 0 Å². The molecule has 0 saturated heterocycles. The van der Waals surface area contributed by atoms with Crippen molar-refractivity contribution in [1.82, 2.24) is 9.80 Å². The first kappa shape index (κ1) is 11.6. The van der Waals surface area contributed by atoms with Gasteiger partial charge < -0.3 is 9.80 Å². The number of halogens is 1. The smallest absolute Gasteiger partial charge is 0.193 e. The molecule has 0 aliphatic carbocycles. The number of rotatable bonds is 4. The summed E-state index contributed by atoms with van der Waals surface area (Å²) in [6.45, 7) is 3.35. The van der Waals surface area contributed by atoms with Crippen molar-refractivity contribution in [1.29, 1.82) is 5.41 Å². The highest BCUT2D eigenvalue weighted by Crippen LogP contribution is 2.00. The summed E-state index contributed by atoms with van der Waals surface area (Å²) in [4.78, 5) is 3.54. The van der Waals surface area contributed by atoms with E-state index in [-0.39, 0.29) is 0 Å². The third-order valence-corrected chi connectivity index (χ3v) is 2.04. The van der Waals surface area contributed by atoms with Gasteiger partial charge in [-0.1, -0.05) is 0 Å². The maximum atomic E-state index is 11.7. The second-order valence-electron chi connectivity index (χ2n) is 2.57. The zero-order chi connectivity index (χ0) is 9.56. The lowest BCUT2D eigenvalue weighted by Gasteiger charge is -2.26. The van der Waals surface area contributed by atoms with Crippen LogP contribution in [0.3, 0.4) is 0 Å². The summed E-state index contributed by atoms with van der Waals surface area (Å²) >= 11 is 0.310. The molecule has 12 heavy (non-hydrogen) atoms. The summed E-state index contributed by atoms with van der Waals surface area (Å²) in [5, 5.41) is 7.60. The minimum atomic E-state index is 0.310. The number of hydrogen-bond donors (Lipinski definition) is 1. The highest BCUT2D eigenvalue weighted by atomic mass is 32.2. The Bertz CT molecular complexity index is 143. The zero-order valence-electron chi connectivity index (χ0n) is 7.80. The van der Waals surface area contributed by atoms with Gasteiger partial charge in [0.1, 0.15) is 0 Å².